The minimum absolute atomic E-state index is 0.0380. The largest absolute Gasteiger partial charge is 0.478 e. The molecule has 0 unspecified atom stereocenters. The molecule has 0 aliphatic carbocycles. The van der Waals surface area contributed by atoms with Gasteiger partial charge in [-0.25, -0.2) is 9.59 Å². The number of rotatable bonds is 10. The predicted octanol–water partition coefficient (Wildman–Crippen LogP) is 3.61. The van der Waals surface area contributed by atoms with E-state index in [4.69, 9.17) is 10.2 Å². The van der Waals surface area contributed by atoms with Crippen LogP contribution in [-0.2, 0) is 9.59 Å². The average molecular weight is 256 g/mol. The van der Waals surface area contributed by atoms with Crippen molar-refractivity contribution in [3.63, 3.8) is 0 Å². The van der Waals surface area contributed by atoms with Crippen molar-refractivity contribution < 1.29 is 19.8 Å². The summed E-state index contributed by atoms with van der Waals surface area (Å²) < 4.78 is 0. The van der Waals surface area contributed by atoms with Crippen molar-refractivity contribution in [3.8, 4) is 0 Å². The zero-order chi connectivity index (χ0) is 14.0. The van der Waals surface area contributed by atoms with E-state index in [1.165, 1.54) is 19.3 Å². The van der Waals surface area contributed by atoms with Crippen LogP contribution in [0.2, 0.25) is 0 Å². The molecule has 2 N–H and O–H groups in total. The summed E-state index contributed by atoms with van der Waals surface area (Å²) in [4.78, 5) is 22.0. The molecule has 0 aromatic rings. The molecule has 0 bridgehead atoms. The van der Waals surface area contributed by atoms with Gasteiger partial charge in [0.1, 0.15) is 0 Å². The highest BCUT2D eigenvalue weighted by atomic mass is 16.4. The molecule has 0 heterocycles. The first-order valence-corrected chi connectivity index (χ1v) is 6.73. The lowest BCUT2D eigenvalue weighted by atomic mass is 9.99. The second kappa shape index (κ2) is 9.68. The molecule has 0 atom stereocenters. The number of carbonyl (C=O) groups is 2. The third-order valence-corrected chi connectivity index (χ3v) is 3.01. The molecule has 0 radical (unpaired) electrons. The third kappa shape index (κ3) is 6.42. The number of carboxylic acid groups (broad SMARTS) is 2. The van der Waals surface area contributed by atoms with Gasteiger partial charge in [0, 0.05) is 11.1 Å². The van der Waals surface area contributed by atoms with Gasteiger partial charge < -0.3 is 10.2 Å². The van der Waals surface area contributed by atoms with Gasteiger partial charge in [0.2, 0.25) is 0 Å². The van der Waals surface area contributed by atoms with E-state index in [0.29, 0.717) is 6.42 Å². The van der Waals surface area contributed by atoms with E-state index in [1.54, 1.807) is 6.92 Å². The number of carboxylic acids is 2. The Kier molecular flexibility index (Phi) is 8.97. The molecule has 0 aliphatic heterocycles. The Labute approximate surface area is 109 Å². The lowest BCUT2D eigenvalue weighted by molar-refractivity contribution is -0.136. The fraction of sp³-hybridized carbons (Fsp3) is 0.714. The molecule has 104 valence electrons. The maximum absolute atomic E-state index is 11.0. The van der Waals surface area contributed by atoms with Gasteiger partial charge in [-0.05, 0) is 19.3 Å². The molecule has 0 saturated heterocycles. The topological polar surface area (TPSA) is 74.6 Å². The van der Waals surface area contributed by atoms with Crippen LogP contribution < -0.4 is 0 Å². The van der Waals surface area contributed by atoms with Gasteiger partial charge >= 0.3 is 11.9 Å². The quantitative estimate of drug-likeness (QED) is 0.462. The summed E-state index contributed by atoms with van der Waals surface area (Å²) in [5.74, 6) is -2.20. The SMILES string of the molecule is CCCCCCCC/C(C(=O)O)=C(\CC)C(=O)O. The molecule has 0 aromatic carbocycles. The van der Waals surface area contributed by atoms with Crippen molar-refractivity contribution in [2.75, 3.05) is 0 Å². The van der Waals surface area contributed by atoms with Crippen LogP contribution in [0.5, 0.6) is 0 Å². The minimum Gasteiger partial charge on any atom is -0.478 e. The van der Waals surface area contributed by atoms with Crippen molar-refractivity contribution in [2.45, 2.75) is 65.2 Å². The van der Waals surface area contributed by atoms with E-state index >= 15 is 0 Å². The van der Waals surface area contributed by atoms with Crippen molar-refractivity contribution in [1.82, 2.24) is 0 Å². The van der Waals surface area contributed by atoms with Gasteiger partial charge in [-0.2, -0.15) is 0 Å². The Balaban J connectivity index is 4.30. The van der Waals surface area contributed by atoms with Crippen LogP contribution in [0.15, 0.2) is 11.1 Å². The van der Waals surface area contributed by atoms with E-state index in [2.05, 4.69) is 6.92 Å². The van der Waals surface area contributed by atoms with Crippen LogP contribution >= 0.6 is 0 Å². The summed E-state index contributed by atoms with van der Waals surface area (Å²) in [6, 6.07) is 0. The Morgan fingerprint density at radius 1 is 0.778 bits per heavy atom. The van der Waals surface area contributed by atoms with Crippen LogP contribution in [-0.4, -0.2) is 22.2 Å². The zero-order valence-corrected chi connectivity index (χ0v) is 11.4. The molecule has 4 nitrogen and oxygen atoms in total. The van der Waals surface area contributed by atoms with Crippen molar-refractivity contribution in [3.05, 3.63) is 11.1 Å². The molecule has 0 rings (SSSR count). The molecule has 0 spiro atoms. The molecular formula is C14H24O4. The van der Waals surface area contributed by atoms with Crippen LogP contribution in [0.4, 0.5) is 0 Å². The standard InChI is InChI=1S/C14H24O4/c1-3-5-6-7-8-9-10-12(14(17)18)11(4-2)13(15)16/h3-10H2,1-2H3,(H,15,16)(H,17,18)/b12-11-. The monoisotopic (exact) mass is 256 g/mol. The van der Waals surface area contributed by atoms with Gasteiger partial charge in [0.05, 0.1) is 0 Å². The first-order valence-electron chi connectivity index (χ1n) is 6.73. The van der Waals surface area contributed by atoms with Gasteiger partial charge in [-0.1, -0.05) is 46.0 Å². The van der Waals surface area contributed by atoms with E-state index in [-0.39, 0.29) is 17.6 Å². The minimum atomic E-state index is -1.11. The zero-order valence-electron chi connectivity index (χ0n) is 11.4. The highest BCUT2D eigenvalue weighted by Crippen LogP contribution is 2.18. The van der Waals surface area contributed by atoms with Crippen LogP contribution in [0.1, 0.15) is 65.2 Å². The maximum atomic E-state index is 11.0. The van der Waals surface area contributed by atoms with Crippen LogP contribution in [0, 0.1) is 0 Å². The fourth-order valence-electron chi connectivity index (χ4n) is 1.96. The van der Waals surface area contributed by atoms with E-state index < -0.39 is 11.9 Å². The molecule has 0 fully saturated rings. The van der Waals surface area contributed by atoms with E-state index in [1.807, 2.05) is 0 Å². The van der Waals surface area contributed by atoms with E-state index in [9.17, 15) is 9.59 Å². The van der Waals surface area contributed by atoms with Crippen LogP contribution in [0.25, 0.3) is 0 Å². The molecule has 0 amide bonds. The molecule has 0 aliphatic rings. The number of hydrogen-bond acceptors (Lipinski definition) is 2. The van der Waals surface area contributed by atoms with Gasteiger partial charge in [0.25, 0.3) is 0 Å². The lowest BCUT2D eigenvalue weighted by Gasteiger charge is -2.07. The summed E-state index contributed by atoms with van der Waals surface area (Å²) in [6.45, 7) is 3.82. The maximum Gasteiger partial charge on any atom is 0.332 e. The second-order valence-corrected chi connectivity index (χ2v) is 4.44. The molecule has 0 aromatic heterocycles. The summed E-state index contributed by atoms with van der Waals surface area (Å²) in [7, 11) is 0. The van der Waals surface area contributed by atoms with E-state index in [0.717, 1.165) is 19.3 Å². The molecular weight excluding hydrogens is 232 g/mol. The van der Waals surface area contributed by atoms with Crippen molar-refractivity contribution in [2.24, 2.45) is 0 Å². The summed E-state index contributed by atoms with van der Waals surface area (Å²) in [5, 5.41) is 18.0. The van der Waals surface area contributed by atoms with Gasteiger partial charge in [0.15, 0.2) is 0 Å². The Bertz CT molecular complexity index is 305. The average Bonchev–Trinajstić information content (AvgIpc) is 2.31. The lowest BCUT2D eigenvalue weighted by Crippen LogP contribution is -2.11. The number of unbranched alkanes of at least 4 members (excludes halogenated alkanes) is 5. The first-order chi connectivity index (χ1) is 8.54. The first kappa shape index (κ1) is 16.7. The second-order valence-electron chi connectivity index (χ2n) is 4.44. The smallest absolute Gasteiger partial charge is 0.332 e. The predicted molar refractivity (Wildman–Crippen MR) is 70.6 cm³/mol. The van der Waals surface area contributed by atoms with Crippen LogP contribution in [0.3, 0.4) is 0 Å². The highest BCUT2D eigenvalue weighted by Gasteiger charge is 2.17. The van der Waals surface area contributed by atoms with Crippen molar-refractivity contribution in [1.29, 1.82) is 0 Å². The normalized spacial score (nSPS) is 12.1. The molecule has 4 heteroatoms. The number of hydrogen-bond donors (Lipinski definition) is 2. The van der Waals surface area contributed by atoms with Gasteiger partial charge in [-0.3, -0.25) is 0 Å². The molecule has 18 heavy (non-hydrogen) atoms. The third-order valence-electron chi connectivity index (χ3n) is 3.01. The molecule has 0 saturated carbocycles. The summed E-state index contributed by atoms with van der Waals surface area (Å²) in [5.41, 5.74) is 0.108. The van der Waals surface area contributed by atoms with Crippen molar-refractivity contribution >= 4 is 11.9 Å². The highest BCUT2D eigenvalue weighted by molar-refractivity contribution is 5.98. The Hall–Kier alpha value is -1.32. The fourth-order valence-corrected chi connectivity index (χ4v) is 1.96. The summed E-state index contributed by atoms with van der Waals surface area (Å²) in [6.07, 6.45) is 6.98. The summed E-state index contributed by atoms with van der Waals surface area (Å²) >= 11 is 0. The number of aliphatic carboxylic acids is 2. The Morgan fingerprint density at radius 2 is 1.28 bits per heavy atom. The van der Waals surface area contributed by atoms with Gasteiger partial charge in [-0.15, -0.1) is 0 Å². The Morgan fingerprint density at radius 3 is 1.72 bits per heavy atom.